The standard InChI is InChI=1S/C21H24N2O3/c1-14(19(24)25)21-10-8-20(9-11-21,13-26-21)16-4-2-15(3-5-16)18-7-6-17(22)12-23-18/h2-7,12,14H,8-11,13,22H2,1H3,(H,24,25). The fourth-order valence-corrected chi connectivity index (χ4v) is 4.45. The number of aliphatic carboxylic acids is 1. The van der Waals surface area contributed by atoms with Gasteiger partial charge in [0, 0.05) is 11.0 Å². The number of ether oxygens (including phenoxy) is 1. The van der Waals surface area contributed by atoms with Crippen molar-refractivity contribution in [3.63, 3.8) is 0 Å². The van der Waals surface area contributed by atoms with Crippen molar-refractivity contribution in [2.75, 3.05) is 12.3 Å². The highest BCUT2D eigenvalue weighted by atomic mass is 16.5. The summed E-state index contributed by atoms with van der Waals surface area (Å²) in [7, 11) is 0. The van der Waals surface area contributed by atoms with E-state index in [4.69, 9.17) is 10.5 Å². The topological polar surface area (TPSA) is 85.4 Å². The van der Waals surface area contributed by atoms with E-state index in [-0.39, 0.29) is 5.41 Å². The SMILES string of the molecule is CC(C(=O)O)C12CCC(c3ccc(-c4ccc(N)cn4)cc3)(CC1)CO2. The zero-order valence-electron chi connectivity index (χ0n) is 14.9. The van der Waals surface area contributed by atoms with Gasteiger partial charge in [-0.1, -0.05) is 24.3 Å². The second-order valence-electron chi connectivity index (χ2n) is 7.75. The molecule has 5 rings (SSSR count). The molecule has 2 saturated heterocycles. The lowest BCUT2D eigenvalue weighted by Gasteiger charge is -2.54. The number of rotatable bonds is 4. The van der Waals surface area contributed by atoms with Gasteiger partial charge in [0.15, 0.2) is 0 Å². The number of aromatic nitrogens is 1. The molecule has 1 unspecified atom stereocenters. The lowest BCUT2D eigenvalue weighted by Crippen LogP contribution is -2.57. The molecule has 5 heteroatoms. The Morgan fingerprint density at radius 1 is 1.15 bits per heavy atom. The number of nitrogen functional groups attached to an aromatic ring is 1. The Morgan fingerprint density at radius 2 is 1.85 bits per heavy atom. The molecule has 5 nitrogen and oxygen atoms in total. The Bertz CT molecular complexity index is 790. The first kappa shape index (κ1) is 17.0. The predicted molar refractivity (Wildman–Crippen MR) is 99.7 cm³/mol. The van der Waals surface area contributed by atoms with Crippen molar-refractivity contribution in [1.82, 2.24) is 4.98 Å². The molecule has 1 aromatic heterocycles. The number of carboxylic acids is 1. The van der Waals surface area contributed by atoms with E-state index in [1.165, 1.54) is 5.56 Å². The molecule has 1 saturated carbocycles. The molecule has 26 heavy (non-hydrogen) atoms. The first-order valence-electron chi connectivity index (χ1n) is 9.13. The lowest BCUT2D eigenvalue weighted by atomic mass is 9.60. The molecule has 0 spiro atoms. The summed E-state index contributed by atoms with van der Waals surface area (Å²) < 4.78 is 6.17. The molecule has 3 heterocycles. The van der Waals surface area contributed by atoms with Crippen LogP contribution in [-0.4, -0.2) is 28.3 Å². The Morgan fingerprint density at radius 3 is 2.35 bits per heavy atom. The highest BCUT2D eigenvalue weighted by molar-refractivity contribution is 5.71. The second-order valence-corrected chi connectivity index (χ2v) is 7.75. The van der Waals surface area contributed by atoms with Crippen LogP contribution in [0.2, 0.25) is 0 Å². The fraction of sp³-hybridized carbons (Fsp3) is 0.429. The molecule has 2 aliphatic heterocycles. The third-order valence-electron chi connectivity index (χ3n) is 6.43. The van der Waals surface area contributed by atoms with E-state index in [1.807, 2.05) is 12.1 Å². The van der Waals surface area contributed by atoms with Crippen LogP contribution in [0.15, 0.2) is 42.6 Å². The highest BCUT2D eigenvalue weighted by Gasteiger charge is 2.54. The lowest BCUT2D eigenvalue weighted by molar-refractivity contribution is -0.194. The van der Waals surface area contributed by atoms with Crippen LogP contribution in [-0.2, 0) is 14.9 Å². The Kier molecular flexibility index (Phi) is 3.99. The Hall–Kier alpha value is -2.40. The molecule has 136 valence electrons. The largest absolute Gasteiger partial charge is 0.481 e. The molecule has 2 bridgehead atoms. The van der Waals surface area contributed by atoms with Gasteiger partial charge in [-0.15, -0.1) is 0 Å². The number of pyridine rings is 1. The summed E-state index contributed by atoms with van der Waals surface area (Å²) >= 11 is 0. The van der Waals surface area contributed by atoms with E-state index in [9.17, 15) is 9.90 Å². The minimum absolute atomic E-state index is 0.00699. The van der Waals surface area contributed by atoms with E-state index in [2.05, 4.69) is 29.2 Å². The van der Waals surface area contributed by atoms with Crippen LogP contribution in [0.1, 0.15) is 38.2 Å². The van der Waals surface area contributed by atoms with Crippen molar-refractivity contribution in [3.05, 3.63) is 48.2 Å². The molecule has 0 amide bonds. The van der Waals surface area contributed by atoms with Gasteiger partial charge in [-0.2, -0.15) is 0 Å². The first-order valence-corrected chi connectivity index (χ1v) is 9.13. The number of hydrogen-bond donors (Lipinski definition) is 2. The molecular formula is C21H24N2O3. The smallest absolute Gasteiger partial charge is 0.309 e. The van der Waals surface area contributed by atoms with Gasteiger partial charge in [-0.3, -0.25) is 9.78 Å². The summed E-state index contributed by atoms with van der Waals surface area (Å²) in [6.07, 6.45) is 5.24. The van der Waals surface area contributed by atoms with Crippen molar-refractivity contribution in [1.29, 1.82) is 0 Å². The predicted octanol–water partition coefficient (Wildman–Crippen LogP) is 3.63. The van der Waals surface area contributed by atoms with Gasteiger partial charge in [0.25, 0.3) is 0 Å². The molecule has 3 aliphatic rings. The summed E-state index contributed by atoms with van der Waals surface area (Å²) in [5.74, 6) is -1.22. The van der Waals surface area contributed by atoms with Crippen molar-refractivity contribution >= 4 is 11.7 Å². The number of carbonyl (C=O) groups is 1. The van der Waals surface area contributed by atoms with Crippen LogP contribution < -0.4 is 5.73 Å². The van der Waals surface area contributed by atoms with Crippen molar-refractivity contribution in [2.45, 2.75) is 43.6 Å². The Labute approximate surface area is 153 Å². The number of nitrogens with two attached hydrogens (primary N) is 1. The monoisotopic (exact) mass is 352 g/mol. The van der Waals surface area contributed by atoms with Gasteiger partial charge in [0.1, 0.15) is 0 Å². The average molecular weight is 352 g/mol. The van der Waals surface area contributed by atoms with Crippen LogP contribution in [0.25, 0.3) is 11.3 Å². The van der Waals surface area contributed by atoms with Gasteiger partial charge >= 0.3 is 5.97 Å². The summed E-state index contributed by atoms with van der Waals surface area (Å²) in [6.45, 7) is 2.37. The van der Waals surface area contributed by atoms with Gasteiger partial charge < -0.3 is 15.6 Å². The molecule has 1 atom stereocenters. The van der Waals surface area contributed by atoms with Gasteiger partial charge in [0.05, 0.1) is 35.7 Å². The molecule has 3 N–H and O–H groups in total. The third-order valence-corrected chi connectivity index (χ3v) is 6.43. The van der Waals surface area contributed by atoms with Crippen molar-refractivity contribution in [3.8, 4) is 11.3 Å². The number of fused-ring (bicyclic) bond motifs is 3. The molecule has 0 radical (unpaired) electrons. The maximum absolute atomic E-state index is 11.4. The summed E-state index contributed by atoms with van der Waals surface area (Å²) in [5.41, 5.74) is 9.12. The van der Waals surface area contributed by atoms with Crippen LogP contribution in [0.5, 0.6) is 0 Å². The fourth-order valence-electron chi connectivity index (χ4n) is 4.45. The molecule has 1 aliphatic carbocycles. The van der Waals surface area contributed by atoms with E-state index in [1.54, 1.807) is 13.1 Å². The number of anilines is 1. The zero-order chi connectivity index (χ0) is 18.4. The van der Waals surface area contributed by atoms with Gasteiger partial charge in [0.2, 0.25) is 0 Å². The number of carboxylic acid groups (broad SMARTS) is 1. The molecule has 1 aromatic carbocycles. The summed E-state index contributed by atoms with van der Waals surface area (Å²) in [4.78, 5) is 15.8. The van der Waals surface area contributed by atoms with E-state index in [0.29, 0.717) is 12.3 Å². The van der Waals surface area contributed by atoms with Crippen LogP contribution in [0.3, 0.4) is 0 Å². The summed E-state index contributed by atoms with van der Waals surface area (Å²) in [5, 5.41) is 9.39. The normalized spacial score (nSPS) is 28.7. The minimum Gasteiger partial charge on any atom is -0.481 e. The van der Waals surface area contributed by atoms with Gasteiger partial charge in [-0.25, -0.2) is 0 Å². The van der Waals surface area contributed by atoms with Gasteiger partial charge in [-0.05, 0) is 50.3 Å². The quantitative estimate of drug-likeness (QED) is 0.877. The molecule has 2 aromatic rings. The van der Waals surface area contributed by atoms with Crippen molar-refractivity contribution in [2.24, 2.45) is 5.92 Å². The van der Waals surface area contributed by atoms with E-state index in [0.717, 1.165) is 36.9 Å². The maximum Gasteiger partial charge on any atom is 0.309 e. The number of nitrogens with zero attached hydrogens (tertiary/aromatic N) is 1. The Balaban J connectivity index is 1.54. The second kappa shape index (κ2) is 6.09. The van der Waals surface area contributed by atoms with Crippen LogP contribution in [0, 0.1) is 5.92 Å². The third kappa shape index (κ3) is 2.67. The first-order chi connectivity index (χ1) is 12.4. The maximum atomic E-state index is 11.4. The van der Waals surface area contributed by atoms with E-state index < -0.39 is 17.5 Å². The molecular weight excluding hydrogens is 328 g/mol. The minimum atomic E-state index is -0.764. The summed E-state index contributed by atoms with van der Waals surface area (Å²) in [6, 6.07) is 12.3. The van der Waals surface area contributed by atoms with Crippen LogP contribution in [0.4, 0.5) is 5.69 Å². The van der Waals surface area contributed by atoms with E-state index >= 15 is 0 Å². The number of benzene rings is 1. The highest BCUT2D eigenvalue weighted by Crippen LogP contribution is 2.53. The average Bonchev–Trinajstić information content (AvgIpc) is 2.69. The zero-order valence-corrected chi connectivity index (χ0v) is 14.9. The van der Waals surface area contributed by atoms with Crippen molar-refractivity contribution < 1.29 is 14.6 Å². The number of hydrogen-bond acceptors (Lipinski definition) is 4. The molecule has 3 fully saturated rings. The van der Waals surface area contributed by atoms with Crippen LogP contribution >= 0.6 is 0 Å².